The smallest absolute Gasteiger partial charge is 0.227 e. The molecule has 1 aliphatic heterocycles. The maximum absolute atomic E-state index is 13.1. The van der Waals surface area contributed by atoms with Gasteiger partial charge in [0.05, 0.1) is 11.4 Å². The van der Waals surface area contributed by atoms with Gasteiger partial charge in [0, 0.05) is 26.6 Å². The molecule has 1 heterocycles. The number of carbonyl (C=O) groups excluding carboxylic acids is 1. The zero-order chi connectivity index (χ0) is 16.3. The van der Waals surface area contributed by atoms with Crippen LogP contribution in [0.4, 0.5) is 11.4 Å². The highest BCUT2D eigenvalue weighted by atomic mass is 35.5. The molecule has 2 aliphatic rings. The predicted molar refractivity (Wildman–Crippen MR) is 110 cm³/mol. The molecule has 0 aromatic heterocycles. The van der Waals surface area contributed by atoms with E-state index in [1.165, 1.54) is 19.3 Å². The van der Waals surface area contributed by atoms with Gasteiger partial charge < -0.3 is 15.5 Å². The summed E-state index contributed by atoms with van der Waals surface area (Å²) in [7, 11) is 2.11. The fraction of sp³-hybridized carbons (Fsp3) is 0.632. The lowest BCUT2D eigenvalue weighted by Crippen LogP contribution is -2.41. The van der Waals surface area contributed by atoms with Crippen LogP contribution in [0.5, 0.6) is 0 Å². The molecule has 2 N–H and O–H groups in total. The maximum atomic E-state index is 13.1. The number of carbonyl (C=O) groups is 1. The predicted octanol–water partition coefficient (Wildman–Crippen LogP) is 4.00. The van der Waals surface area contributed by atoms with E-state index in [4.69, 9.17) is 5.73 Å². The second-order valence-corrected chi connectivity index (χ2v) is 7.25. The standard InChI is InChI=1S/C19H29N3O.2ClH/c1-21-12-7-13-22(17-9-4-3-8-16(17)21)18(23)14-19(15-20)10-5-2-6-11-19;;/h3-4,8-9H,2,5-7,10-15,20H2,1H3;2*1H. The van der Waals surface area contributed by atoms with Crippen molar-refractivity contribution >= 4 is 42.1 Å². The summed E-state index contributed by atoms with van der Waals surface area (Å²) in [5.41, 5.74) is 8.33. The van der Waals surface area contributed by atoms with Gasteiger partial charge in [-0.15, -0.1) is 24.8 Å². The number of amides is 1. The molecule has 1 aliphatic carbocycles. The molecule has 1 aromatic rings. The summed E-state index contributed by atoms with van der Waals surface area (Å²) in [6, 6.07) is 8.26. The third-order valence-corrected chi connectivity index (χ3v) is 5.63. The average molecular weight is 388 g/mol. The Bertz CT molecular complexity index is 561. The van der Waals surface area contributed by atoms with Crippen LogP contribution in [0.15, 0.2) is 24.3 Å². The fourth-order valence-electron chi connectivity index (χ4n) is 4.15. The minimum absolute atomic E-state index is 0. The van der Waals surface area contributed by atoms with Crippen molar-refractivity contribution in [2.24, 2.45) is 11.1 Å². The van der Waals surface area contributed by atoms with Gasteiger partial charge in [-0.2, -0.15) is 0 Å². The minimum atomic E-state index is 0. The highest BCUT2D eigenvalue weighted by Gasteiger charge is 2.35. The number of benzene rings is 1. The molecule has 0 spiro atoms. The van der Waals surface area contributed by atoms with Crippen molar-refractivity contribution in [1.29, 1.82) is 0 Å². The molecule has 1 saturated carbocycles. The second-order valence-electron chi connectivity index (χ2n) is 7.25. The lowest BCUT2D eigenvalue weighted by Gasteiger charge is -2.37. The molecular formula is C19H31Cl2N3O. The van der Waals surface area contributed by atoms with E-state index in [9.17, 15) is 4.79 Å². The van der Waals surface area contributed by atoms with Gasteiger partial charge in [0.2, 0.25) is 5.91 Å². The fourth-order valence-corrected chi connectivity index (χ4v) is 4.15. The van der Waals surface area contributed by atoms with Gasteiger partial charge in [0.15, 0.2) is 0 Å². The normalized spacial score (nSPS) is 19.1. The highest BCUT2D eigenvalue weighted by Crippen LogP contribution is 2.40. The van der Waals surface area contributed by atoms with Crippen LogP contribution in [0.2, 0.25) is 0 Å². The van der Waals surface area contributed by atoms with Crippen LogP contribution in [0.1, 0.15) is 44.9 Å². The van der Waals surface area contributed by atoms with E-state index in [1.54, 1.807) is 0 Å². The van der Waals surface area contributed by atoms with Gasteiger partial charge in [-0.05, 0) is 43.4 Å². The summed E-state index contributed by atoms with van der Waals surface area (Å²) >= 11 is 0. The van der Waals surface area contributed by atoms with Crippen molar-refractivity contribution in [2.75, 3.05) is 36.5 Å². The molecule has 0 atom stereocenters. The highest BCUT2D eigenvalue weighted by molar-refractivity contribution is 5.97. The van der Waals surface area contributed by atoms with Crippen molar-refractivity contribution in [3.05, 3.63) is 24.3 Å². The zero-order valence-corrected chi connectivity index (χ0v) is 16.7. The van der Waals surface area contributed by atoms with Gasteiger partial charge in [-0.3, -0.25) is 4.79 Å². The Labute approximate surface area is 163 Å². The third kappa shape index (κ3) is 4.81. The van der Waals surface area contributed by atoms with E-state index in [0.29, 0.717) is 13.0 Å². The van der Waals surface area contributed by atoms with E-state index < -0.39 is 0 Å². The van der Waals surface area contributed by atoms with Crippen LogP contribution < -0.4 is 15.5 Å². The summed E-state index contributed by atoms with van der Waals surface area (Å²) in [4.78, 5) is 17.4. The summed E-state index contributed by atoms with van der Waals surface area (Å²) in [5.74, 6) is 0.250. The van der Waals surface area contributed by atoms with E-state index in [1.807, 2.05) is 17.0 Å². The molecular weight excluding hydrogens is 357 g/mol. The number of rotatable bonds is 3. The molecule has 6 heteroatoms. The summed E-state index contributed by atoms with van der Waals surface area (Å²) < 4.78 is 0. The first-order chi connectivity index (χ1) is 11.2. The summed E-state index contributed by atoms with van der Waals surface area (Å²) in [5, 5.41) is 0. The van der Waals surface area contributed by atoms with E-state index in [-0.39, 0.29) is 36.1 Å². The molecule has 1 amide bonds. The average Bonchev–Trinajstić information content (AvgIpc) is 2.75. The van der Waals surface area contributed by atoms with Crippen LogP contribution in [0.25, 0.3) is 0 Å². The van der Waals surface area contributed by atoms with Gasteiger partial charge >= 0.3 is 0 Å². The number of nitrogens with zero attached hydrogens (tertiary/aromatic N) is 2. The second kappa shape index (κ2) is 9.65. The van der Waals surface area contributed by atoms with Crippen LogP contribution in [0, 0.1) is 5.41 Å². The molecule has 1 aromatic carbocycles. The Morgan fingerprint density at radius 1 is 1.04 bits per heavy atom. The van der Waals surface area contributed by atoms with Crippen LogP contribution in [-0.4, -0.2) is 32.6 Å². The maximum Gasteiger partial charge on any atom is 0.227 e. The molecule has 25 heavy (non-hydrogen) atoms. The molecule has 4 nitrogen and oxygen atoms in total. The van der Waals surface area contributed by atoms with Gasteiger partial charge in [0.25, 0.3) is 0 Å². The zero-order valence-electron chi connectivity index (χ0n) is 15.1. The van der Waals surface area contributed by atoms with Crippen molar-refractivity contribution in [1.82, 2.24) is 0 Å². The van der Waals surface area contributed by atoms with E-state index in [0.717, 1.165) is 43.7 Å². The molecule has 0 saturated heterocycles. The molecule has 0 radical (unpaired) electrons. The lowest BCUT2D eigenvalue weighted by atomic mass is 9.71. The lowest BCUT2D eigenvalue weighted by molar-refractivity contribution is -0.121. The summed E-state index contributed by atoms with van der Waals surface area (Å²) in [6.07, 6.45) is 7.52. The molecule has 142 valence electrons. The van der Waals surface area contributed by atoms with Gasteiger partial charge in [-0.1, -0.05) is 31.4 Å². The third-order valence-electron chi connectivity index (χ3n) is 5.63. The molecule has 0 unspecified atom stereocenters. The largest absolute Gasteiger partial charge is 0.373 e. The topological polar surface area (TPSA) is 49.6 Å². The molecule has 3 rings (SSSR count). The number of hydrogen-bond acceptors (Lipinski definition) is 3. The Morgan fingerprint density at radius 2 is 1.68 bits per heavy atom. The SMILES string of the molecule is CN1CCCN(C(=O)CC2(CN)CCCCC2)c2ccccc21.Cl.Cl. The van der Waals surface area contributed by atoms with Gasteiger partial charge in [-0.25, -0.2) is 0 Å². The van der Waals surface area contributed by atoms with E-state index in [2.05, 4.69) is 24.1 Å². The quantitative estimate of drug-likeness (QED) is 0.852. The Morgan fingerprint density at radius 3 is 2.32 bits per heavy atom. The summed E-state index contributed by atoms with van der Waals surface area (Å²) in [6.45, 7) is 2.43. The van der Waals surface area contributed by atoms with Crippen molar-refractivity contribution in [3.8, 4) is 0 Å². The Balaban J connectivity index is 0.00000156. The van der Waals surface area contributed by atoms with Crippen LogP contribution in [-0.2, 0) is 4.79 Å². The number of para-hydroxylation sites is 2. The molecule has 1 fully saturated rings. The first-order valence-corrected chi connectivity index (χ1v) is 8.96. The van der Waals surface area contributed by atoms with Crippen molar-refractivity contribution < 1.29 is 4.79 Å². The molecule has 0 bridgehead atoms. The number of fused-ring (bicyclic) bond motifs is 1. The number of hydrogen-bond donors (Lipinski definition) is 1. The van der Waals surface area contributed by atoms with Crippen molar-refractivity contribution in [3.63, 3.8) is 0 Å². The number of nitrogens with two attached hydrogens (primary N) is 1. The monoisotopic (exact) mass is 387 g/mol. The Kier molecular flexibility index (Phi) is 8.52. The van der Waals surface area contributed by atoms with Crippen molar-refractivity contribution in [2.45, 2.75) is 44.9 Å². The van der Waals surface area contributed by atoms with E-state index >= 15 is 0 Å². The first-order valence-electron chi connectivity index (χ1n) is 8.96. The van der Waals surface area contributed by atoms with Crippen LogP contribution in [0.3, 0.4) is 0 Å². The number of anilines is 2. The first kappa shape index (κ1) is 22.1. The van der Waals surface area contributed by atoms with Gasteiger partial charge in [0.1, 0.15) is 0 Å². The Hall–Kier alpha value is -0.970. The van der Waals surface area contributed by atoms with Crippen LogP contribution >= 0.6 is 24.8 Å². The minimum Gasteiger partial charge on any atom is -0.373 e. The number of halogens is 2.